The molecule has 1 amide bonds. The Kier molecular flexibility index (Phi) is 4.86. The summed E-state index contributed by atoms with van der Waals surface area (Å²) in [6.07, 6.45) is 3.44. The van der Waals surface area contributed by atoms with Crippen molar-refractivity contribution < 1.29 is 4.79 Å². The number of nitrogens with one attached hydrogen (secondary N) is 3. The van der Waals surface area contributed by atoms with Crippen LogP contribution in [0.5, 0.6) is 0 Å². The summed E-state index contributed by atoms with van der Waals surface area (Å²) >= 11 is 0. The van der Waals surface area contributed by atoms with Crippen molar-refractivity contribution in [3.63, 3.8) is 0 Å². The van der Waals surface area contributed by atoms with Crippen LogP contribution in [0.15, 0.2) is 67.0 Å². The molecule has 0 unspecified atom stereocenters. The molecule has 30 heavy (non-hydrogen) atoms. The average Bonchev–Trinajstić information content (AvgIpc) is 3.25. The van der Waals surface area contributed by atoms with Gasteiger partial charge < -0.3 is 20.5 Å². The van der Waals surface area contributed by atoms with E-state index in [1.54, 1.807) is 18.5 Å². The molecule has 150 valence electrons. The average molecular weight is 398 g/mol. The quantitative estimate of drug-likeness (QED) is 0.491. The van der Waals surface area contributed by atoms with Crippen molar-refractivity contribution in [1.82, 2.24) is 20.3 Å². The van der Waals surface area contributed by atoms with Crippen molar-refractivity contribution in [3.8, 4) is 11.4 Å². The van der Waals surface area contributed by atoms with Crippen LogP contribution in [0.4, 0.5) is 11.4 Å². The van der Waals surface area contributed by atoms with E-state index in [-0.39, 0.29) is 5.91 Å². The number of hydrogen-bond donors (Lipinski definition) is 3. The van der Waals surface area contributed by atoms with Crippen molar-refractivity contribution in [2.24, 2.45) is 0 Å². The number of aromatic amines is 1. The van der Waals surface area contributed by atoms with Crippen LogP contribution >= 0.6 is 0 Å². The molecule has 0 spiro atoms. The van der Waals surface area contributed by atoms with Gasteiger partial charge in [0.1, 0.15) is 5.69 Å². The summed E-state index contributed by atoms with van der Waals surface area (Å²) in [5.41, 5.74) is 4.69. The number of piperazine rings is 1. The summed E-state index contributed by atoms with van der Waals surface area (Å²) in [5, 5.41) is 7.45. The fourth-order valence-corrected chi connectivity index (χ4v) is 3.77. The number of fused-ring (bicyclic) bond motifs is 1. The maximum atomic E-state index is 13.0. The highest BCUT2D eigenvalue weighted by Crippen LogP contribution is 2.26. The van der Waals surface area contributed by atoms with E-state index in [0.29, 0.717) is 11.4 Å². The minimum Gasteiger partial charge on any atom is -0.367 e. The molecule has 0 aliphatic carbocycles. The Morgan fingerprint density at radius 2 is 1.90 bits per heavy atom. The number of H-pyrrole nitrogens is 1. The zero-order valence-corrected chi connectivity index (χ0v) is 16.4. The van der Waals surface area contributed by atoms with Gasteiger partial charge >= 0.3 is 0 Å². The molecule has 4 aromatic rings. The number of amides is 1. The van der Waals surface area contributed by atoms with Gasteiger partial charge in [-0.05, 0) is 30.3 Å². The molecule has 4 heterocycles. The van der Waals surface area contributed by atoms with Crippen LogP contribution in [-0.4, -0.2) is 47.0 Å². The molecule has 0 bridgehead atoms. The third-order valence-electron chi connectivity index (χ3n) is 5.29. The van der Waals surface area contributed by atoms with Gasteiger partial charge in [-0.1, -0.05) is 24.3 Å². The molecule has 0 atom stereocenters. The lowest BCUT2D eigenvalue weighted by molar-refractivity contribution is 0.102. The zero-order chi connectivity index (χ0) is 20.3. The second kappa shape index (κ2) is 7.96. The second-order valence-corrected chi connectivity index (χ2v) is 7.26. The Hall–Kier alpha value is -3.71. The fraction of sp³-hybridized carbons (Fsp3) is 0.174. The minimum atomic E-state index is -0.252. The summed E-state index contributed by atoms with van der Waals surface area (Å²) in [6.45, 7) is 3.62. The van der Waals surface area contributed by atoms with Gasteiger partial charge in [-0.15, -0.1) is 0 Å². The summed E-state index contributed by atoms with van der Waals surface area (Å²) in [4.78, 5) is 27.4. The van der Waals surface area contributed by atoms with Gasteiger partial charge in [0, 0.05) is 43.3 Å². The number of anilines is 2. The molecule has 5 rings (SSSR count). The van der Waals surface area contributed by atoms with E-state index in [9.17, 15) is 4.79 Å². The minimum absolute atomic E-state index is 0.252. The van der Waals surface area contributed by atoms with Crippen LogP contribution in [0.3, 0.4) is 0 Å². The monoisotopic (exact) mass is 398 g/mol. The first-order chi connectivity index (χ1) is 14.8. The normalized spacial score (nSPS) is 14.1. The number of benzene rings is 1. The van der Waals surface area contributed by atoms with Crippen LogP contribution < -0.4 is 15.5 Å². The van der Waals surface area contributed by atoms with Crippen LogP contribution in [0.25, 0.3) is 22.3 Å². The number of hydrogen-bond acceptors (Lipinski definition) is 5. The largest absolute Gasteiger partial charge is 0.367 e. The van der Waals surface area contributed by atoms with Crippen LogP contribution in [-0.2, 0) is 0 Å². The van der Waals surface area contributed by atoms with E-state index in [1.165, 1.54) is 0 Å². The van der Waals surface area contributed by atoms with Gasteiger partial charge in [0.05, 0.1) is 29.0 Å². The van der Waals surface area contributed by atoms with Crippen molar-refractivity contribution >= 4 is 28.2 Å². The first-order valence-corrected chi connectivity index (χ1v) is 10.0. The second-order valence-electron chi connectivity index (χ2n) is 7.26. The molecule has 1 fully saturated rings. The van der Waals surface area contributed by atoms with E-state index >= 15 is 0 Å². The van der Waals surface area contributed by atoms with Gasteiger partial charge in [0.15, 0.2) is 0 Å². The fourth-order valence-electron chi connectivity index (χ4n) is 3.77. The molecule has 3 N–H and O–H groups in total. The highest BCUT2D eigenvalue weighted by atomic mass is 16.1. The number of aromatic nitrogens is 3. The molecule has 7 nitrogen and oxygen atoms in total. The molecule has 1 aromatic carbocycles. The van der Waals surface area contributed by atoms with Crippen molar-refractivity contribution in [1.29, 1.82) is 0 Å². The Labute approximate surface area is 174 Å². The standard InChI is InChI=1S/C23H22N6O/c30-23(28-21-15-25-9-8-22(21)29-12-10-24-11-13-29)19-7-3-6-18(27-19)20-14-16-4-1-2-5-17(16)26-20/h1-9,14-15,24,26H,10-13H2,(H,28,30). The number of nitrogens with zero attached hydrogens (tertiary/aromatic N) is 3. The highest BCUT2D eigenvalue weighted by molar-refractivity contribution is 6.04. The molecule has 1 aliphatic rings. The molecule has 7 heteroatoms. The molecule has 0 radical (unpaired) electrons. The Morgan fingerprint density at radius 1 is 1.03 bits per heavy atom. The van der Waals surface area contributed by atoms with Gasteiger partial charge in [0.2, 0.25) is 0 Å². The highest BCUT2D eigenvalue weighted by Gasteiger charge is 2.17. The summed E-state index contributed by atoms with van der Waals surface area (Å²) in [7, 11) is 0. The third kappa shape index (κ3) is 3.62. The maximum absolute atomic E-state index is 13.0. The number of rotatable bonds is 4. The smallest absolute Gasteiger partial charge is 0.274 e. The lowest BCUT2D eigenvalue weighted by atomic mass is 10.2. The lowest BCUT2D eigenvalue weighted by Gasteiger charge is -2.30. The van der Waals surface area contributed by atoms with Crippen molar-refractivity contribution in [2.75, 3.05) is 36.4 Å². The number of pyridine rings is 2. The van der Waals surface area contributed by atoms with E-state index in [2.05, 4.69) is 30.5 Å². The van der Waals surface area contributed by atoms with E-state index in [4.69, 9.17) is 0 Å². The lowest BCUT2D eigenvalue weighted by Crippen LogP contribution is -2.43. The Morgan fingerprint density at radius 3 is 2.77 bits per heavy atom. The summed E-state index contributed by atoms with van der Waals surface area (Å²) in [6, 6.07) is 17.5. The first-order valence-electron chi connectivity index (χ1n) is 10.0. The number of para-hydroxylation sites is 1. The predicted molar refractivity (Wildman–Crippen MR) is 119 cm³/mol. The maximum Gasteiger partial charge on any atom is 0.274 e. The van der Waals surface area contributed by atoms with Crippen molar-refractivity contribution in [3.05, 3.63) is 72.7 Å². The Balaban J connectivity index is 1.40. The zero-order valence-electron chi connectivity index (χ0n) is 16.4. The SMILES string of the molecule is O=C(Nc1cnccc1N1CCNCC1)c1cccc(-c2cc3ccccc3[nH]2)n1. The Bertz CT molecular complexity index is 1160. The molecular formula is C23H22N6O. The van der Waals surface area contributed by atoms with E-state index in [0.717, 1.165) is 54.2 Å². The predicted octanol–water partition coefficient (Wildman–Crippen LogP) is 3.29. The van der Waals surface area contributed by atoms with Gasteiger partial charge in [-0.25, -0.2) is 4.98 Å². The van der Waals surface area contributed by atoms with E-state index in [1.807, 2.05) is 48.5 Å². The molecule has 0 saturated carbocycles. The molecule has 1 saturated heterocycles. The van der Waals surface area contributed by atoms with Crippen LogP contribution in [0, 0.1) is 0 Å². The van der Waals surface area contributed by atoms with Gasteiger partial charge in [-0.3, -0.25) is 9.78 Å². The molecule has 3 aromatic heterocycles. The van der Waals surface area contributed by atoms with Gasteiger partial charge in [0.25, 0.3) is 5.91 Å². The molecule has 1 aliphatic heterocycles. The topological polar surface area (TPSA) is 85.9 Å². The van der Waals surface area contributed by atoms with Crippen molar-refractivity contribution in [2.45, 2.75) is 0 Å². The summed E-state index contributed by atoms with van der Waals surface area (Å²) in [5.74, 6) is -0.252. The van der Waals surface area contributed by atoms with Crippen LogP contribution in [0.2, 0.25) is 0 Å². The van der Waals surface area contributed by atoms with Gasteiger partial charge in [-0.2, -0.15) is 0 Å². The molecular weight excluding hydrogens is 376 g/mol. The van der Waals surface area contributed by atoms with E-state index < -0.39 is 0 Å². The number of carbonyl (C=O) groups is 1. The third-order valence-corrected chi connectivity index (χ3v) is 5.29. The van der Waals surface area contributed by atoms with Crippen LogP contribution in [0.1, 0.15) is 10.5 Å². The first kappa shape index (κ1) is 18.3. The number of carbonyl (C=O) groups excluding carboxylic acids is 1. The summed E-state index contributed by atoms with van der Waals surface area (Å²) < 4.78 is 0.